The maximum absolute atomic E-state index is 10.9. The molecule has 0 saturated heterocycles. The number of esters is 1. The number of pyridine rings is 2. The van der Waals surface area contributed by atoms with E-state index in [0.717, 1.165) is 61.0 Å². The van der Waals surface area contributed by atoms with Crippen molar-refractivity contribution in [2.75, 3.05) is 0 Å². The van der Waals surface area contributed by atoms with E-state index in [0.29, 0.717) is 10.3 Å². The van der Waals surface area contributed by atoms with Crippen molar-refractivity contribution in [3.05, 3.63) is 57.1 Å². The maximum Gasteiger partial charge on any atom is 0.303 e. The van der Waals surface area contributed by atoms with Gasteiger partial charge < -0.3 is 9.84 Å². The highest BCUT2D eigenvalue weighted by Gasteiger charge is 2.24. The first-order chi connectivity index (χ1) is 12.9. The van der Waals surface area contributed by atoms with Crippen molar-refractivity contribution < 1.29 is 14.6 Å². The Kier molecular flexibility index (Phi) is 8.23. The Labute approximate surface area is 176 Å². The van der Waals surface area contributed by atoms with Crippen LogP contribution in [-0.2, 0) is 22.4 Å². The lowest BCUT2D eigenvalue weighted by molar-refractivity contribution is -0.147. The summed E-state index contributed by atoms with van der Waals surface area (Å²) in [6.07, 6.45) is 5.07. The average molecular weight is 425 g/mol. The predicted molar refractivity (Wildman–Crippen MR) is 111 cm³/mol. The molecule has 0 radical (unpaired) electrons. The average Bonchev–Trinajstić information content (AvgIpc) is 2.63. The number of carbonyl (C=O) groups excluding carboxylic acids is 1. The molecule has 0 fully saturated rings. The minimum atomic E-state index is -0.410. The van der Waals surface area contributed by atoms with Gasteiger partial charge in [0.15, 0.2) is 0 Å². The van der Waals surface area contributed by atoms with E-state index < -0.39 is 6.10 Å². The van der Waals surface area contributed by atoms with Gasteiger partial charge in [0.05, 0.1) is 17.5 Å². The zero-order chi connectivity index (χ0) is 19.4. The maximum atomic E-state index is 10.9. The molecule has 2 atom stereocenters. The van der Waals surface area contributed by atoms with Crippen molar-refractivity contribution in [3.8, 4) is 0 Å². The van der Waals surface area contributed by atoms with Crippen LogP contribution in [0.3, 0.4) is 0 Å². The first kappa shape index (κ1) is 22.6. The Bertz CT molecular complexity index is 829. The van der Waals surface area contributed by atoms with Gasteiger partial charge in [-0.1, -0.05) is 42.8 Å². The number of nitrogens with zero attached hydrogens (tertiary/aromatic N) is 2. The minimum absolute atomic E-state index is 0. The number of fused-ring (bicyclic) bond motifs is 2. The first-order valence-electron chi connectivity index (χ1n) is 9.10. The summed E-state index contributed by atoms with van der Waals surface area (Å²) in [5.74, 6) is -0.269. The summed E-state index contributed by atoms with van der Waals surface area (Å²) in [7, 11) is 0. The molecular weight excluding hydrogens is 399 g/mol. The van der Waals surface area contributed by atoms with Gasteiger partial charge in [-0.15, -0.1) is 0 Å². The van der Waals surface area contributed by atoms with Crippen LogP contribution in [0.25, 0.3) is 0 Å². The molecule has 1 N–H and O–H groups in total. The standard InChI is InChI=1S/C11H12ClNO2.C9H10ClNO.CH4/c1-7(14)15-9-4-2-3-8-5-6-10(12)13-11(8)9;10-8-5-4-6-2-1-3-7(12)9(6)11-8;/h5-6,9H,2-4H2,1H3;4-5,7,12H,1-3H2;1H4. The van der Waals surface area contributed by atoms with E-state index in [1.807, 2.05) is 12.1 Å². The Morgan fingerprint density at radius 3 is 2.14 bits per heavy atom. The highest BCUT2D eigenvalue weighted by Crippen LogP contribution is 2.32. The van der Waals surface area contributed by atoms with Crippen molar-refractivity contribution in [1.82, 2.24) is 9.97 Å². The number of aryl methyl sites for hydroxylation is 2. The summed E-state index contributed by atoms with van der Waals surface area (Å²) < 4.78 is 5.21. The molecule has 2 aromatic rings. The van der Waals surface area contributed by atoms with E-state index in [4.69, 9.17) is 27.9 Å². The van der Waals surface area contributed by atoms with E-state index in [2.05, 4.69) is 9.97 Å². The molecule has 152 valence electrons. The molecule has 2 aliphatic carbocycles. The number of hydrogen-bond donors (Lipinski definition) is 1. The summed E-state index contributed by atoms with van der Waals surface area (Å²) in [6, 6.07) is 7.46. The lowest BCUT2D eigenvalue weighted by Crippen LogP contribution is -2.16. The van der Waals surface area contributed by atoms with Crippen LogP contribution >= 0.6 is 23.2 Å². The molecule has 2 heterocycles. The van der Waals surface area contributed by atoms with Gasteiger partial charge in [-0.2, -0.15) is 0 Å². The fourth-order valence-corrected chi connectivity index (χ4v) is 3.81. The zero-order valence-electron chi connectivity index (χ0n) is 15.1. The van der Waals surface area contributed by atoms with Crippen molar-refractivity contribution >= 4 is 29.2 Å². The van der Waals surface area contributed by atoms with Crippen LogP contribution in [0.15, 0.2) is 24.3 Å². The second-order valence-electron chi connectivity index (χ2n) is 6.76. The van der Waals surface area contributed by atoms with Crippen molar-refractivity contribution in [1.29, 1.82) is 0 Å². The van der Waals surface area contributed by atoms with Crippen LogP contribution in [0.2, 0.25) is 10.3 Å². The largest absolute Gasteiger partial charge is 0.456 e. The van der Waals surface area contributed by atoms with Crippen LogP contribution < -0.4 is 0 Å². The molecule has 2 unspecified atom stereocenters. The molecule has 0 aliphatic heterocycles. The van der Waals surface area contributed by atoms with Crippen molar-refractivity contribution in [2.24, 2.45) is 0 Å². The van der Waals surface area contributed by atoms with Crippen LogP contribution in [0, 0.1) is 0 Å². The van der Waals surface area contributed by atoms with Gasteiger partial charge in [0, 0.05) is 6.92 Å². The molecule has 7 heteroatoms. The number of aromatic nitrogens is 2. The number of halogens is 2. The molecule has 2 aromatic heterocycles. The van der Waals surface area contributed by atoms with Gasteiger partial charge in [-0.25, -0.2) is 9.97 Å². The summed E-state index contributed by atoms with van der Waals surface area (Å²) in [5, 5.41) is 10.5. The normalized spacial score (nSPS) is 19.9. The topological polar surface area (TPSA) is 72.3 Å². The number of aliphatic hydroxyl groups is 1. The van der Waals surface area contributed by atoms with Crippen molar-refractivity contribution in [3.63, 3.8) is 0 Å². The first-order valence-corrected chi connectivity index (χ1v) is 9.85. The minimum Gasteiger partial charge on any atom is -0.456 e. The monoisotopic (exact) mass is 424 g/mol. The third kappa shape index (κ3) is 5.66. The summed E-state index contributed by atoms with van der Waals surface area (Å²) in [4.78, 5) is 19.3. The lowest BCUT2D eigenvalue weighted by atomic mass is 9.94. The van der Waals surface area contributed by atoms with Gasteiger partial charge >= 0.3 is 5.97 Å². The number of rotatable bonds is 1. The summed E-state index contributed by atoms with van der Waals surface area (Å²) in [5.41, 5.74) is 3.87. The molecule has 28 heavy (non-hydrogen) atoms. The van der Waals surface area contributed by atoms with E-state index >= 15 is 0 Å². The second-order valence-corrected chi connectivity index (χ2v) is 7.53. The van der Waals surface area contributed by atoms with Crippen LogP contribution in [0.5, 0.6) is 0 Å². The fourth-order valence-electron chi connectivity index (χ4n) is 3.50. The third-order valence-corrected chi connectivity index (χ3v) is 5.14. The lowest BCUT2D eigenvalue weighted by Gasteiger charge is -2.23. The Morgan fingerprint density at radius 2 is 1.54 bits per heavy atom. The van der Waals surface area contributed by atoms with Crippen LogP contribution in [0.4, 0.5) is 0 Å². The molecule has 0 aromatic carbocycles. The van der Waals surface area contributed by atoms with Crippen LogP contribution in [-0.4, -0.2) is 21.0 Å². The summed E-state index contributed by atoms with van der Waals surface area (Å²) >= 11 is 11.5. The number of hydrogen-bond acceptors (Lipinski definition) is 5. The Hall–Kier alpha value is -1.69. The second kappa shape index (κ2) is 10.2. The quantitative estimate of drug-likeness (QED) is 0.488. The molecule has 0 amide bonds. The summed E-state index contributed by atoms with van der Waals surface area (Å²) in [6.45, 7) is 1.42. The van der Waals surface area contributed by atoms with E-state index in [1.165, 1.54) is 6.92 Å². The van der Waals surface area contributed by atoms with Gasteiger partial charge in [0.1, 0.15) is 16.4 Å². The number of carbonyl (C=O) groups is 1. The number of aliphatic hydroxyl groups excluding tert-OH is 1. The molecule has 5 nitrogen and oxygen atoms in total. The zero-order valence-corrected chi connectivity index (χ0v) is 16.6. The van der Waals surface area contributed by atoms with Gasteiger partial charge in [0.25, 0.3) is 0 Å². The molecular formula is C21H26Cl2N2O3. The molecule has 4 rings (SSSR count). The van der Waals surface area contributed by atoms with E-state index in [-0.39, 0.29) is 19.5 Å². The van der Waals surface area contributed by atoms with Crippen LogP contribution in [0.1, 0.15) is 74.8 Å². The SMILES string of the molecule is C.CC(=O)OC1CCCc2ccc(Cl)nc21.OC1CCCc2ccc(Cl)nc21. The van der Waals surface area contributed by atoms with Gasteiger partial charge in [-0.3, -0.25) is 4.79 Å². The highest BCUT2D eigenvalue weighted by molar-refractivity contribution is 6.29. The Morgan fingerprint density at radius 1 is 1.00 bits per heavy atom. The van der Waals surface area contributed by atoms with Gasteiger partial charge in [0.2, 0.25) is 0 Å². The molecule has 0 saturated carbocycles. The van der Waals surface area contributed by atoms with Gasteiger partial charge in [-0.05, 0) is 61.8 Å². The fraction of sp³-hybridized carbons (Fsp3) is 0.476. The number of ether oxygens (including phenoxy) is 1. The molecule has 2 aliphatic rings. The van der Waals surface area contributed by atoms with E-state index in [9.17, 15) is 9.90 Å². The Balaban J connectivity index is 0.000000198. The predicted octanol–water partition coefficient (Wildman–Crippen LogP) is 5.42. The molecule has 0 spiro atoms. The smallest absolute Gasteiger partial charge is 0.303 e. The third-order valence-electron chi connectivity index (χ3n) is 4.72. The highest BCUT2D eigenvalue weighted by atomic mass is 35.5. The van der Waals surface area contributed by atoms with E-state index in [1.54, 1.807) is 12.1 Å². The van der Waals surface area contributed by atoms with Crippen molar-refractivity contribution in [2.45, 2.75) is 65.1 Å². The molecule has 0 bridgehead atoms.